The van der Waals surface area contributed by atoms with Crippen LogP contribution < -0.4 is 15.5 Å². The Morgan fingerprint density at radius 2 is 1.87 bits per heavy atom. The number of fused-ring (bicyclic) bond motifs is 2. The molecule has 150 valence electrons. The van der Waals surface area contributed by atoms with Crippen LogP contribution in [0.1, 0.15) is 24.0 Å². The molecule has 5 atom stereocenters. The number of nitrogens with two attached hydrogens (primary N) is 1. The number of hydrogen-bond donors (Lipinski definition) is 2. The van der Waals surface area contributed by atoms with Crippen LogP contribution in [0.15, 0.2) is 54.6 Å². The number of ether oxygens (including phenoxy) is 3. The van der Waals surface area contributed by atoms with E-state index in [9.17, 15) is 10.5 Å². The molecule has 30 heavy (non-hydrogen) atoms. The first kappa shape index (κ1) is 18.6. The summed E-state index contributed by atoms with van der Waals surface area (Å²) < 4.78 is 17.7. The third-order valence-corrected chi connectivity index (χ3v) is 6.35. The summed E-state index contributed by atoms with van der Waals surface area (Å²) in [5.74, 6) is -0.948. The van der Waals surface area contributed by atoms with Gasteiger partial charge < -0.3 is 14.2 Å². The van der Waals surface area contributed by atoms with E-state index in [0.29, 0.717) is 19.0 Å². The lowest BCUT2D eigenvalue weighted by Crippen LogP contribution is -2.90. The van der Waals surface area contributed by atoms with Gasteiger partial charge in [0, 0.05) is 5.92 Å². The van der Waals surface area contributed by atoms with Gasteiger partial charge in [0.1, 0.15) is 12.4 Å². The molecule has 0 radical (unpaired) electrons. The van der Waals surface area contributed by atoms with Gasteiger partial charge in [-0.05, 0) is 30.2 Å². The zero-order valence-corrected chi connectivity index (χ0v) is 16.5. The van der Waals surface area contributed by atoms with E-state index in [4.69, 9.17) is 19.9 Å². The summed E-state index contributed by atoms with van der Waals surface area (Å²) in [5, 5.41) is 20.3. The fraction of sp³-hybridized carbons (Fsp3) is 0.348. The van der Waals surface area contributed by atoms with Gasteiger partial charge in [0.05, 0.1) is 24.8 Å². The highest BCUT2D eigenvalue weighted by Gasteiger charge is 2.97. The Morgan fingerprint density at radius 1 is 1.13 bits per heavy atom. The number of benzene rings is 2. The second-order valence-electron chi connectivity index (χ2n) is 8.01. The first-order chi connectivity index (χ1) is 14.5. The smallest absolute Gasteiger partial charge is 0.343 e. The highest BCUT2D eigenvalue weighted by molar-refractivity contribution is 5.95. The molecule has 0 bridgehead atoms. The lowest BCUT2D eigenvalue weighted by atomic mass is 9.94. The van der Waals surface area contributed by atoms with Gasteiger partial charge in [0.25, 0.3) is 5.84 Å². The SMILES string of the molecule is C[C@@H]1CO[C@@]2([NH+]=C(N)[C@@]3(C#N)[C@@H](c4ccc(OCc5ccccc5)cc4)[C@@]23C#N)O1. The van der Waals surface area contributed by atoms with E-state index in [1.54, 1.807) is 0 Å². The van der Waals surface area contributed by atoms with E-state index < -0.39 is 22.7 Å². The Morgan fingerprint density at radius 3 is 2.47 bits per heavy atom. The van der Waals surface area contributed by atoms with Gasteiger partial charge in [-0.15, -0.1) is 0 Å². The van der Waals surface area contributed by atoms with Crippen molar-refractivity contribution < 1.29 is 19.2 Å². The van der Waals surface area contributed by atoms with Crippen LogP contribution in [0.4, 0.5) is 0 Å². The molecule has 7 heteroatoms. The Hall–Kier alpha value is -3.39. The molecule has 2 heterocycles. The lowest BCUT2D eigenvalue weighted by Gasteiger charge is -2.24. The molecular formula is C23H21N4O3+. The zero-order chi connectivity index (χ0) is 21.0. The molecule has 2 aromatic carbocycles. The van der Waals surface area contributed by atoms with Crippen molar-refractivity contribution >= 4 is 5.84 Å². The van der Waals surface area contributed by atoms with Gasteiger partial charge in [-0.2, -0.15) is 10.5 Å². The molecule has 5 rings (SSSR count). The van der Waals surface area contributed by atoms with Crippen molar-refractivity contribution in [3.05, 3.63) is 65.7 Å². The maximum absolute atomic E-state index is 10.2. The second kappa shape index (κ2) is 6.30. The minimum atomic E-state index is -1.41. The van der Waals surface area contributed by atoms with E-state index in [-0.39, 0.29) is 11.9 Å². The Labute approximate surface area is 174 Å². The van der Waals surface area contributed by atoms with E-state index >= 15 is 0 Å². The van der Waals surface area contributed by atoms with Gasteiger partial charge >= 0.3 is 5.91 Å². The number of rotatable bonds is 4. The number of nitriles is 2. The van der Waals surface area contributed by atoms with Crippen molar-refractivity contribution in [1.82, 2.24) is 0 Å². The maximum atomic E-state index is 10.2. The molecule has 2 fully saturated rings. The number of hydrogen-bond acceptors (Lipinski definition) is 6. The summed E-state index contributed by atoms with van der Waals surface area (Å²) in [6.45, 7) is 2.64. The molecule has 1 saturated heterocycles. The van der Waals surface area contributed by atoms with Crippen LogP contribution in [0, 0.1) is 33.5 Å². The predicted octanol–water partition coefficient (Wildman–Crippen LogP) is 0.923. The van der Waals surface area contributed by atoms with Gasteiger partial charge in [-0.1, -0.05) is 42.5 Å². The molecule has 1 saturated carbocycles. The van der Waals surface area contributed by atoms with Gasteiger partial charge in [-0.3, -0.25) is 5.73 Å². The molecule has 0 unspecified atom stereocenters. The Balaban J connectivity index is 1.44. The molecule has 0 amide bonds. The van der Waals surface area contributed by atoms with Crippen molar-refractivity contribution in [2.75, 3.05) is 6.61 Å². The monoisotopic (exact) mass is 401 g/mol. The topological polar surface area (TPSA) is 115 Å². The van der Waals surface area contributed by atoms with Gasteiger partial charge in [0.15, 0.2) is 10.8 Å². The molecule has 3 N–H and O–H groups in total. The molecule has 2 aromatic rings. The fourth-order valence-corrected chi connectivity index (χ4v) is 4.96. The average molecular weight is 401 g/mol. The minimum absolute atomic E-state index is 0.208. The van der Waals surface area contributed by atoms with Crippen molar-refractivity contribution in [3.8, 4) is 17.9 Å². The van der Waals surface area contributed by atoms with E-state index in [1.807, 2.05) is 61.5 Å². The summed E-state index contributed by atoms with van der Waals surface area (Å²) in [7, 11) is 0. The maximum Gasteiger partial charge on any atom is 0.343 e. The summed E-state index contributed by atoms with van der Waals surface area (Å²) in [4.78, 5) is 2.97. The van der Waals surface area contributed by atoms with Crippen LogP contribution in [-0.2, 0) is 16.1 Å². The largest absolute Gasteiger partial charge is 0.489 e. The number of nitrogens with one attached hydrogen (secondary N) is 1. The highest BCUT2D eigenvalue weighted by atomic mass is 16.8. The van der Waals surface area contributed by atoms with Crippen LogP contribution in [0.2, 0.25) is 0 Å². The molecule has 0 aromatic heterocycles. The fourth-order valence-electron chi connectivity index (χ4n) is 4.96. The number of amidine groups is 1. The van der Waals surface area contributed by atoms with Crippen LogP contribution >= 0.6 is 0 Å². The summed E-state index contributed by atoms with van der Waals surface area (Å²) >= 11 is 0. The van der Waals surface area contributed by atoms with Gasteiger partial charge in [0.2, 0.25) is 0 Å². The number of nitrogens with zero attached hydrogens (tertiary/aromatic N) is 2. The average Bonchev–Trinajstić information content (AvgIpc) is 3.16. The highest BCUT2D eigenvalue weighted by Crippen LogP contribution is 2.79. The van der Waals surface area contributed by atoms with Crippen LogP contribution in [-0.4, -0.2) is 24.5 Å². The van der Waals surface area contributed by atoms with Crippen LogP contribution in [0.3, 0.4) is 0 Å². The first-order valence-electron chi connectivity index (χ1n) is 9.85. The Bertz CT molecular complexity index is 1100. The first-order valence-corrected chi connectivity index (χ1v) is 9.85. The van der Waals surface area contributed by atoms with Crippen molar-refractivity contribution in [1.29, 1.82) is 10.5 Å². The van der Waals surface area contributed by atoms with E-state index in [0.717, 1.165) is 11.1 Å². The summed E-state index contributed by atoms with van der Waals surface area (Å²) in [6.07, 6.45) is -0.208. The molecule has 1 spiro atoms. The van der Waals surface area contributed by atoms with Crippen molar-refractivity contribution in [2.45, 2.75) is 31.5 Å². The molecule has 7 nitrogen and oxygen atoms in total. The third kappa shape index (κ3) is 2.16. The quantitative estimate of drug-likeness (QED) is 0.787. The minimum Gasteiger partial charge on any atom is -0.489 e. The van der Waals surface area contributed by atoms with Crippen molar-refractivity contribution in [3.63, 3.8) is 0 Å². The predicted molar refractivity (Wildman–Crippen MR) is 105 cm³/mol. The summed E-state index contributed by atoms with van der Waals surface area (Å²) in [6, 6.07) is 22.0. The molecule has 2 aliphatic heterocycles. The molecular weight excluding hydrogens is 380 g/mol. The lowest BCUT2D eigenvalue weighted by molar-refractivity contribution is -0.677. The Kier molecular flexibility index (Phi) is 3.91. The van der Waals surface area contributed by atoms with Crippen LogP contribution in [0.5, 0.6) is 5.75 Å². The summed E-state index contributed by atoms with van der Waals surface area (Å²) in [5.41, 5.74) is 5.67. The second-order valence-corrected chi connectivity index (χ2v) is 8.01. The molecule has 1 aliphatic carbocycles. The van der Waals surface area contributed by atoms with E-state index in [2.05, 4.69) is 17.1 Å². The van der Waals surface area contributed by atoms with E-state index in [1.165, 1.54) is 0 Å². The normalized spacial score (nSPS) is 35.9. The van der Waals surface area contributed by atoms with Crippen molar-refractivity contribution in [2.24, 2.45) is 16.6 Å². The standard InChI is InChI=1S/C23H20N4O3/c1-15-11-29-23(30-15)22(14-25)19(21(22,13-24)20(26)27-23)17-7-9-18(10-8-17)28-12-16-5-3-2-4-6-16/h2-10,15,19H,11-12H2,1H3,(H2,26,27)/p+1/t15-,19-,21-,22-,23-/m1/s1. The van der Waals surface area contributed by atoms with Crippen LogP contribution in [0.25, 0.3) is 0 Å². The third-order valence-electron chi connectivity index (χ3n) is 6.35. The molecule has 3 aliphatic rings. The zero-order valence-electron chi connectivity index (χ0n) is 16.5. The van der Waals surface area contributed by atoms with Gasteiger partial charge in [-0.25, -0.2) is 4.99 Å².